The smallest absolute Gasteiger partial charge is 0.329 e. The molecule has 1 heterocycles. The first-order valence-corrected chi connectivity index (χ1v) is 6.84. The standard InChI is InChI=1S/C12H17ClN4O2/c1-16(8-9-5-3-2-4-6-9)11-10(17(18)19)7-14-12(13)15-11/h7,9H,2-6,8H2,1H3. The number of hydrogen-bond donors (Lipinski definition) is 0. The molecule has 1 aliphatic rings. The molecule has 7 heteroatoms. The van der Waals surface area contributed by atoms with Crippen LogP contribution >= 0.6 is 11.6 Å². The summed E-state index contributed by atoms with van der Waals surface area (Å²) < 4.78 is 0. The average molecular weight is 285 g/mol. The highest BCUT2D eigenvalue weighted by molar-refractivity contribution is 6.28. The summed E-state index contributed by atoms with van der Waals surface area (Å²) in [7, 11) is 1.82. The van der Waals surface area contributed by atoms with Gasteiger partial charge in [0, 0.05) is 13.6 Å². The van der Waals surface area contributed by atoms with Crippen molar-refractivity contribution in [2.24, 2.45) is 5.92 Å². The van der Waals surface area contributed by atoms with Crippen molar-refractivity contribution >= 4 is 23.1 Å². The van der Waals surface area contributed by atoms with E-state index in [1.54, 1.807) is 0 Å². The molecule has 1 aromatic rings. The van der Waals surface area contributed by atoms with Crippen LogP contribution in [0.3, 0.4) is 0 Å². The van der Waals surface area contributed by atoms with Gasteiger partial charge in [-0.25, -0.2) is 4.98 Å². The van der Waals surface area contributed by atoms with Crippen LogP contribution in [0.15, 0.2) is 6.20 Å². The first-order valence-electron chi connectivity index (χ1n) is 6.46. The summed E-state index contributed by atoms with van der Waals surface area (Å²) in [5.74, 6) is 0.877. The van der Waals surface area contributed by atoms with Crippen molar-refractivity contribution in [1.82, 2.24) is 9.97 Å². The maximum atomic E-state index is 11.0. The van der Waals surface area contributed by atoms with Gasteiger partial charge in [-0.3, -0.25) is 10.1 Å². The monoisotopic (exact) mass is 284 g/mol. The first-order chi connectivity index (χ1) is 9.08. The molecule has 1 saturated carbocycles. The predicted octanol–water partition coefficient (Wildman–Crippen LogP) is 3.05. The minimum Gasteiger partial charge on any atom is -0.354 e. The zero-order valence-corrected chi connectivity index (χ0v) is 11.6. The molecule has 0 bridgehead atoms. The molecule has 0 amide bonds. The molecule has 0 aromatic carbocycles. The Morgan fingerprint density at radius 3 is 2.79 bits per heavy atom. The van der Waals surface area contributed by atoms with Crippen LogP contribution in [0.5, 0.6) is 0 Å². The molecule has 0 N–H and O–H groups in total. The third-order valence-electron chi connectivity index (χ3n) is 3.54. The van der Waals surface area contributed by atoms with E-state index in [0.29, 0.717) is 11.7 Å². The van der Waals surface area contributed by atoms with Crippen LogP contribution in [0, 0.1) is 16.0 Å². The lowest BCUT2D eigenvalue weighted by Crippen LogP contribution is -2.28. The van der Waals surface area contributed by atoms with Gasteiger partial charge in [0.25, 0.3) is 0 Å². The molecule has 6 nitrogen and oxygen atoms in total. The second-order valence-electron chi connectivity index (χ2n) is 4.99. The Morgan fingerprint density at radius 1 is 1.47 bits per heavy atom. The number of nitrogens with zero attached hydrogens (tertiary/aromatic N) is 4. The average Bonchev–Trinajstić information content (AvgIpc) is 2.39. The molecule has 19 heavy (non-hydrogen) atoms. The van der Waals surface area contributed by atoms with E-state index in [1.165, 1.54) is 38.3 Å². The normalized spacial score (nSPS) is 16.3. The molecular formula is C12H17ClN4O2. The van der Waals surface area contributed by atoms with Gasteiger partial charge in [-0.2, -0.15) is 4.98 Å². The highest BCUT2D eigenvalue weighted by atomic mass is 35.5. The SMILES string of the molecule is CN(CC1CCCCC1)c1nc(Cl)ncc1[N+](=O)[O-]. The number of rotatable bonds is 4. The molecular weight excluding hydrogens is 268 g/mol. The lowest BCUT2D eigenvalue weighted by Gasteiger charge is -2.27. The van der Waals surface area contributed by atoms with Crippen molar-refractivity contribution in [3.05, 3.63) is 21.6 Å². The third-order valence-corrected chi connectivity index (χ3v) is 3.72. The Morgan fingerprint density at radius 2 is 2.16 bits per heavy atom. The Balaban J connectivity index is 2.14. The van der Waals surface area contributed by atoms with E-state index >= 15 is 0 Å². The van der Waals surface area contributed by atoms with Crippen LogP contribution in [0.4, 0.5) is 11.5 Å². The molecule has 0 aliphatic heterocycles. The zero-order valence-electron chi connectivity index (χ0n) is 10.9. The highest BCUT2D eigenvalue weighted by Crippen LogP contribution is 2.29. The Kier molecular flexibility index (Phi) is 4.52. The van der Waals surface area contributed by atoms with Crippen molar-refractivity contribution in [3.63, 3.8) is 0 Å². The summed E-state index contributed by atoms with van der Waals surface area (Å²) in [6.07, 6.45) is 7.30. The molecule has 0 saturated heterocycles. The van der Waals surface area contributed by atoms with Gasteiger partial charge in [0.15, 0.2) is 0 Å². The van der Waals surface area contributed by atoms with Gasteiger partial charge in [-0.05, 0) is 30.4 Å². The largest absolute Gasteiger partial charge is 0.354 e. The molecule has 0 spiro atoms. The molecule has 1 fully saturated rings. The fourth-order valence-corrected chi connectivity index (χ4v) is 2.73. The number of aromatic nitrogens is 2. The van der Waals surface area contributed by atoms with Crippen molar-refractivity contribution in [2.45, 2.75) is 32.1 Å². The molecule has 1 aromatic heterocycles. The van der Waals surface area contributed by atoms with Gasteiger partial charge in [-0.15, -0.1) is 0 Å². The van der Waals surface area contributed by atoms with E-state index in [4.69, 9.17) is 11.6 Å². The van der Waals surface area contributed by atoms with E-state index in [-0.39, 0.29) is 11.0 Å². The minimum absolute atomic E-state index is 0.0381. The number of hydrogen-bond acceptors (Lipinski definition) is 5. The van der Waals surface area contributed by atoms with Gasteiger partial charge in [0.2, 0.25) is 11.1 Å². The molecule has 0 unspecified atom stereocenters. The summed E-state index contributed by atoms with van der Waals surface area (Å²) in [5, 5.41) is 11.0. The predicted molar refractivity (Wildman–Crippen MR) is 73.5 cm³/mol. The van der Waals surface area contributed by atoms with E-state index in [1.807, 2.05) is 11.9 Å². The summed E-state index contributed by atoms with van der Waals surface area (Å²) in [6, 6.07) is 0. The molecule has 104 valence electrons. The van der Waals surface area contributed by atoms with Crippen LogP contribution in [-0.4, -0.2) is 28.5 Å². The van der Waals surface area contributed by atoms with E-state index in [9.17, 15) is 10.1 Å². The maximum absolute atomic E-state index is 11.0. The van der Waals surface area contributed by atoms with E-state index in [0.717, 1.165) is 6.54 Å². The molecule has 2 rings (SSSR count). The molecule has 0 atom stereocenters. The molecule has 1 aliphatic carbocycles. The van der Waals surface area contributed by atoms with Crippen LogP contribution in [0.2, 0.25) is 5.28 Å². The summed E-state index contributed by atoms with van der Waals surface area (Å²) >= 11 is 5.74. The second kappa shape index (κ2) is 6.14. The van der Waals surface area contributed by atoms with E-state index < -0.39 is 4.92 Å². The van der Waals surface area contributed by atoms with Crippen LogP contribution in [0.1, 0.15) is 32.1 Å². The van der Waals surface area contributed by atoms with Crippen molar-refractivity contribution in [3.8, 4) is 0 Å². The molecule has 0 radical (unpaired) electrons. The van der Waals surface area contributed by atoms with Gasteiger partial charge >= 0.3 is 5.69 Å². The summed E-state index contributed by atoms with van der Waals surface area (Å²) in [5.41, 5.74) is -0.0947. The van der Waals surface area contributed by atoms with Crippen molar-refractivity contribution in [2.75, 3.05) is 18.5 Å². The highest BCUT2D eigenvalue weighted by Gasteiger charge is 2.23. The fraction of sp³-hybridized carbons (Fsp3) is 0.667. The Hall–Kier alpha value is -1.43. The maximum Gasteiger partial charge on any atom is 0.329 e. The van der Waals surface area contributed by atoms with Crippen molar-refractivity contribution < 1.29 is 4.92 Å². The van der Waals surface area contributed by atoms with Crippen LogP contribution in [0.25, 0.3) is 0 Å². The quantitative estimate of drug-likeness (QED) is 0.483. The van der Waals surface area contributed by atoms with Crippen molar-refractivity contribution in [1.29, 1.82) is 0 Å². The van der Waals surface area contributed by atoms with Gasteiger partial charge in [0.05, 0.1) is 4.92 Å². The van der Waals surface area contributed by atoms with Gasteiger partial charge in [0.1, 0.15) is 6.20 Å². The third kappa shape index (κ3) is 3.53. The van der Waals surface area contributed by atoms with Gasteiger partial charge in [-0.1, -0.05) is 19.3 Å². The second-order valence-corrected chi connectivity index (χ2v) is 5.33. The number of halogens is 1. The zero-order chi connectivity index (χ0) is 13.8. The van der Waals surface area contributed by atoms with E-state index in [2.05, 4.69) is 9.97 Å². The number of anilines is 1. The minimum atomic E-state index is -0.469. The lowest BCUT2D eigenvalue weighted by atomic mass is 9.89. The lowest BCUT2D eigenvalue weighted by molar-refractivity contribution is -0.384. The Labute approximate surface area is 117 Å². The topological polar surface area (TPSA) is 72.2 Å². The van der Waals surface area contributed by atoms with Gasteiger partial charge < -0.3 is 4.90 Å². The fourth-order valence-electron chi connectivity index (χ4n) is 2.60. The summed E-state index contributed by atoms with van der Waals surface area (Å²) in [4.78, 5) is 20.0. The Bertz CT molecular complexity index is 463. The number of nitro groups is 1. The van der Waals surface area contributed by atoms with Crippen LogP contribution in [-0.2, 0) is 0 Å². The summed E-state index contributed by atoms with van der Waals surface area (Å²) in [6.45, 7) is 0.772. The van der Waals surface area contributed by atoms with Crippen LogP contribution < -0.4 is 4.90 Å². The first kappa shape index (κ1) is 14.0.